The van der Waals surface area contributed by atoms with E-state index in [9.17, 15) is 0 Å². The summed E-state index contributed by atoms with van der Waals surface area (Å²) in [7, 11) is 3.47. The molecule has 0 aliphatic carbocycles. The Bertz CT molecular complexity index is 824. The summed E-state index contributed by atoms with van der Waals surface area (Å²) in [6.07, 6.45) is 0.712. The Kier molecular flexibility index (Phi) is 4.60. The van der Waals surface area contributed by atoms with Crippen molar-refractivity contribution in [2.45, 2.75) is 26.2 Å². The molecule has 0 saturated heterocycles. The third-order valence-electron chi connectivity index (χ3n) is 4.26. The zero-order chi connectivity index (χ0) is 17.1. The van der Waals surface area contributed by atoms with E-state index in [2.05, 4.69) is 59.6 Å². The highest BCUT2D eigenvalue weighted by atomic mass is 16.5. The van der Waals surface area contributed by atoms with Gasteiger partial charge in [0.2, 0.25) is 0 Å². The summed E-state index contributed by atoms with van der Waals surface area (Å²) < 4.78 is 5.28. The molecule has 3 rings (SSSR count). The first kappa shape index (κ1) is 16.2. The first-order valence-corrected chi connectivity index (χ1v) is 8.01. The van der Waals surface area contributed by atoms with Gasteiger partial charge in [-0.1, -0.05) is 35.9 Å². The summed E-state index contributed by atoms with van der Waals surface area (Å²) in [5, 5.41) is 12.5. The molecule has 1 aromatic heterocycles. The summed E-state index contributed by atoms with van der Waals surface area (Å²) >= 11 is 0. The molecule has 0 spiro atoms. The Morgan fingerprint density at radius 2 is 1.83 bits per heavy atom. The van der Waals surface area contributed by atoms with Gasteiger partial charge in [0.1, 0.15) is 5.75 Å². The zero-order valence-electron chi connectivity index (χ0n) is 14.5. The van der Waals surface area contributed by atoms with Gasteiger partial charge in [-0.2, -0.15) is 4.80 Å². The van der Waals surface area contributed by atoms with Gasteiger partial charge in [0.25, 0.3) is 0 Å². The molecular weight excluding hydrogens is 300 g/mol. The number of rotatable bonds is 5. The molecule has 1 heterocycles. The predicted octanol–water partition coefficient (Wildman–Crippen LogP) is 3.21. The number of benzene rings is 2. The molecule has 5 heteroatoms. The van der Waals surface area contributed by atoms with Crippen LogP contribution in [-0.2, 0) is 13.5 Å². The van der Waals surface area contributed by atoms with Crippen molar-refractivity contribution in [3.05, 3.63) is 70.5 Å². The number of aryl methyl sites for hydroxylation is 3. The lowest BCUT2D eigenvalue weighted by Crippen LogP contribution is -2.09. The molecular formula is C19H22N4O. The molecule has 24 heavy (non-hydrogen) atoms. The molecule has 0 fully saturated rings. The summed E-state index contributed by atoms with van der Waals surface area (Å²) in [6.45, 7) is 4.27. The summed E-state index contributed by atoms with van der Waals surface area (Å²) in [4.78, 5) is 1.50. The van der Waals surface area contributed by atoms with E-state index in [4.69, 9.17) is 4.74 Å². The van der Waals surface area contributed by atoms with E-state index in [1.54, 1.807) is 14.2 Å². The molecule has 0 aliphatic heterocycles. The first-order valence-electron chi connectivity index (χ1n) is 8.01. The molecule has 124 valence electrons. The van der Waals surface area contributed by atoms with Gasteiger partial charge in [0.05, 0.1) is 14.2 Å². The van der Waals surface area contributed by atoms with Gasteiger partial charge < -0.3 is 4.74 Å². The van der Waals surface area contributed by atoms with Crippen molar-refractivity contribution >= 4 is 0 Å². The van der Waals surface area contributed by atoms with Crippen LogP contribution in [0.25, 0.3) is 0 Å². The minimum absolute atomic E-state index is 0.181. The maximum Gasteiger partial charge on any atom is 0.175 e. The Morgan fingerprint density at radius 3 is 2.42 bits per heavy atom. The third-order valence-corrected chi connectivity index (χ3v) is 4.26. The van der Waals surface area contributed by atoms with E-state index in [-0.39, 0.29) is 5.92 Å². The Balaban J connectivity index is 2.01. The van der Waals surface area contributed by atoms with Crippen LogP contribution in [0, 0.1) is 13.8 Å². The second kappa shape index (κ2) is 6.83. The monoisotopic (exact) mass is 322 g/mol. The van der Waals surface area contributed by atoms with Gasteiger partial charge in [0.15, 0.2) is 5.82 Å². The van der Waals surface area contributed by atoms with Crippen molar-refractivity contribution in [2.75, 3.05) is 7.11 Å². The predicted molar refractivity (Wildman–Crippen MR) is 93.3 cm³/mol. The van der Waals surface area contributed by atoms with Crippen LogP contribution in [0.4, 0.5) is 0 Å². The summed E-state index contributed by atoms with van der Waals surface area (Å²) in [6, 6.07) is 14.8. The minimum atomic E-state index is 0.181. The number of aromatic nitrogens is 4. The Labute approximate surface area is 142 Å². The second-order valence-corrected chi connectivity index (χ2v) is 6.09. The van der Waals surface area contributed by atoms with E-state index < -0.39 is 0 Å². The number of nitrogens with zero attached hydrogens (tertiary/aromatic N) is 4. The van der Waals surface area contributed by atoms with Crippen LogP contribution in [0.15, 0.2) is 42.5 Å². The van der Waals surface area contributed by atoms with Crippen LogP contribution in [-0.4, -0.2) is 27.3 Å². The fraction of sp³-hybridized carbons (Fsp3) is 0.316. The third kappa shape index (κ3) is 3.45. The van der Waals surface area contributed by atoms with Gasteiger partial charge in [-0.15, -0.1) is 10.2 Å². The number of methoxy groups -OCH3 is 1. The van der Waals surface area contributed by atoms with E-state index >= 15 is 0 Å². The largest absolute Gasteiger partial charge is 0.497 e. The molecule has 2 aromatic carbocycles. The first-order chi connectivity index (χ1) is 11.6. The Hall–Kier alpha value is -2.69. The second-order valence-electron chi connectivity index (χ2n) is 6.09. The van der Waals surface area contributed by atoms with Gasteiger partial charge in [-0.25, -0.2) is 0 Å². The minimum Gasteiger partial charge on any atom is -0.497 e. The van der Waals surface area contributed by atoms with Crippen molar-refractivity contribution in [1.29, 1.82) is 0 Å². The van der Waals surface area contributed by atoms with Gasteiger partial charge in [0, 0.05) is 12.3 Å². The zero-order valence-corrected chi connectivity index (χ0v) is 14.5. The smallest absolute Gasteiger partial charge is 0.175 e. The number of ether oxygens (including phenoxy) is 1. The SMILES string of the molecule is COc1ccc(C(Cc2nnn(C)n2)c2ccc(C)cc2C)cc1. The molecule has 0 N–H and O–H groups in total. The van der Waals surface area contributed by atoms with Crippen LogP contribution in [0.1, 0.15) is 34.0 Å². The molecule has 0 amide bonds. The molecule has 0 bridgehead atoms. The molecule has 0 radical (unpaired) electrons. The summed E-state index contributed by atoms with van der Waals surface area (Å²) in [5.41, 5.74) is 5.05. The molecule has 3 aromatic rings. The highest BCUT2D eigenvalue weighted by Crippen LogP contribution is 2.31. The molecule has 5 nitrogen and oxygen atoms in total. The highest BCUT2D eigenvalue weighted by molar-refractivity contribution is 5.41. The van der Waals surface area contributed by atoms with Crippen LogP contribution < -0.4 is 4.74 Å². The van der Waals surface area contributed by atoms with E-state index in [1.165, 1.54) is 27.1 Å². The number of hydrogen-bond acceptors (Lipinski definition) is 4. The van der Waals surface area contributed by atoms with Crippen molar-refractivity contribution in [2.24, 2.45) is 7.05 Å². The Morgan fingerprint density at radius 1 is 1.08 bits per heavy atom. The van der Waals surface area contributed by atoms with Gasteiger partial charge in [-0.3, -0.25) is 0 Å². The van der Waals surface area contributed by atoms with Crippen molar-refractivity contribution in [1.82, 2.24) is 20.2 Å². The maximum absolute atomic E-state index is 5.28. The van der Waals surface area contributed by atoms with Crippen molar-refractivity contribution in [3.8, 4) is 5.75 Å². The average molecular weight is 322 g/mol. The molecule has 0 aliphatic rings. The quantitative estimate of drug-likeness (QED) is 0.724. The lowest BCUT2D eigenvalue weighted by Gasteiger charge is -2.19. The van der Waals surface area contributed by atoms with Crippen molar-refractivity contribution in [3.63, 3.8) is 0 Å². The van der Waals surface area contributed by atoms with E-state index in [0.29, 0.717) is 6.42 Å². The fourth-order valence-electron chi connectivity index (χ4n) is 3.05. The lowest BCUT2D eigenvalue weighted by atomic mass is 9.85. The van der Waals surface area contributed by atoms with Crippen LogP contribution >= 0.6 is 0 Å². The van der Waals surface area contributed by atoms with Crippen LogP contribution in [0.5, 0.6) is 5.75 Å². The van der Waals surface area contributed by atoms with Gasteiger partial charge >= 0.3 is 0 Å². The van der Waals surface area contributed by atoms with E-state index in [1.807, 2.05) is 12.1 Å². The summed E-state index contributed by atoms with van der Waals surface area (Å²) in [5.74, 6) is 1.79. The number of hydrogen-bond donors (Lipinski definition) is 0. The lowest BCUT2D eigenvalue weighted by molar-refractivity contribution is 0.414. The molecule has 0 saturated carbocycles. The molecule has 1 unspecified atom stereocenters. The standard InChI is InChI=1S/C19H22N4O/c1-13-5-10-17(14(2)11-13)18(12-19-20-22-23(3)21-19)15-6-8-16(24-4)9-7-15/h5-11,18H,12H2,1-4H3. The van der Waals surface area contributed by atoms with E-state index in [0.717, 1.165) is 11.6 Å². The highest BCUT2D eigenvalue weighted by Gasteiger charge is 2.19. The normalized spacial score (nSPS) is 12.2. The maximum atomic E-state index is 5.28. The molecule has 1 atom stereocenters. The average Bonchev–Trinajstić information content (AvgIpc) is 2.98. The topological polar surface area (TPSA) is 52.8 Å². The van der Waals surface area contributed by atoms with Crippen molar-refractivity contribution < 1.29 is 4.74 Å². The van der Waals surface area contributed by atoms with Crippen LogP contribution in [0.2, 0.25) is 0 Å². The van der Waals surface area contributed by atoms with Gasteiger partial charge in [-0.05, 0) is 47.9 Å². The number of tetrazole rings is 1. The fourth-order valence-corrected chi connectivity index (χ4v) is 3.05. The van der Waals surface area contributed by atoms with Crippen LogP contribution in [0.3, 0.4) is 0 Å².